The van der Waals surface area contributed by atoms with Gasteiger partial charge in [0.25, 0.3) is 5.89 Å². The Morgan fingerprint density at radius 2 is 2.11 bits per heavy atom. The quantitative estimate of drug-likeness (QED) is 0.771. The summed E-state index contributed by atoms with van der Waals surface area (Å²) < 4.78 is 5.25. The third-order valence-electron chi connectivity index (χ3n) is 2.65. The first kappa shape index (κ1) is 11.8. The topological polar surface area (TPSA) is 90.7 Å². The van der Waals surface area contributed by atoms with Crippen LogP contribution in [-0.4, -0.2) is 20.1 Å². The number of hydrogen-bond donors (Lipinski definition) is 1. The van der Waals surface area contributed by atoms with E-state index < -0.39 is 0 Å². The Morgan fingerprint density at radius 1 is 1.26 bits per heavy atom. The van der Waals surface area contributed by atoms with Gasteiger partial charge in [0, 0.05) is 6.20 Å². The second kappa shape index (κ2) is 4.43. The van der Waals surface area contributed by atoms with Gasteiger partial charge in [-0.05, 0) is 30.9 Å². The van der Waals surface area contributed by atoms with Crippen molar-refractivity contribution in [2.24, 2.45) is 0 Å². The van der Waals surface area contributed by atoms with Crippen LogP contribution in [0.4, 0.5) is 5.69 Å². The summed E-state index contributed by atoms with van der Waals surface area (Å²) in [5.41, 5.74) is 8.29. The van der Waals surface area contributed by atoms with Gasteiger partial charge >= 0.3 is 0 Å². The van der Waals surface area contributed by atoms with E-state index in [0.29, 0.717) is 28.9 Å². The number of nitrogens with two attached hydrogens (primary N) is 1. The lowest BCUT2D eigenvalue weighted by atomic mass is 10.3. The Bertz CT molecular complexity index is 733. The first-order valence-electron chi connectivity index (χ1n) is 5.63. The minimum Gasteiger partial charge on any atom is -0.397 e. The molecule has 0 unspecified atom stereocenters. The fraction of sp³-hybridized carbons (Fsp3) is 0.167. The molecule has 19 heavy (non-hydrogen) atoms. The molecule has 3 rings (SSSR count). The normalized spacial score (nSPS) is 10.8. The average molecular weight is 273 g/mol. The number of thiophene rings is 1. The minimum atomic E-state index is 0.418. The number of rotatable bonds is 2. The van der Waals surface area contributed by atoms with Crippen molar-refractivity contribution < 1.29 is 4.52 Å². The van der Waals surface area contributed by atoms with E-state index in [4.69, 9.17) is 10.3 Å². The number of nitrogens with zero attached hydrogens (tertiary/aromatic N) is 4. The van der Waals surface area contributed by atoms with Gasteiger partial charge in [-0.3, -0.25) is 0 Å². The summed E-state index contributed by atoms with van der Waals surface area (Å²) in [6, 6.07) is 1.74. The van der Waals surface area contributed by atoms with Crippen molar-refractivity contribution in [3.63, 3.8) is 0 Å². The third-order valence-corrected chi connectivity index (χ3v) is 3.75. The molecule has 3 aromatic rings. The fourth-order valence-electron chi connectivity index (χ4n) is 1.62. The molecule has 7 heteroatoms. The van der Waals surface area contributed by atoms with Gasteiger partial charge in [0.1, 0.15) is 16.4 Å². The van der Waals surface area contributed by atoms with Crippen molar-refractivity contribution in [2.75, 3.05) is 5.73 Å². The van der Waals surface area contributed by atoms with Crippen molar-refractivity contribution in [3.05, 3.63) is 29.0 Å². The number of aromatic nitrogens is 4. The van der Waals surface area contributed by atoms with Crippen LogP contribution >= 0.6 is 11.3 Å². The Morgan fingerprint density at radius 3 is 2.79 bits per heavy atom. The maximum atomic E-state index is 5.96. The zero-order chi connectivity index (χ0) is 13.4. The standard InChI is InChI=1S/C12H11N5OS/c1-6-5-19-10(9(6)13)12-16-11(17-18-12)8-3-4-14-7(2)15-8/h3-5H,13H2,1-2H3. The van der Waals surface area contributed by atoms with Gasteiger partial charge < -0.3 is 10.3 Å². The van der Waals surface area contributed by atoms with E-state index in [-0.39, 0.29) is 0 Å². The molecule has 0 aliphatic rings. The molecule has 0 aliphatic carbocycles. The van der Waals surface area contributed by atoms with Gasteiger partial charge in [-0.1, -0.05) is 5.16 Å². The Balaban J connectivity index is 2.02. The van der Waals surface area contributed by atoms with Crippen LogP contribution in [0, 0.1) is 13.8 Å². The molecule has 0 atom stereocenters. The summed E-state index contributed by atoms with van der Waals surface area (Å²) >= 11 is 1.49. The molecule has 0 saturated carbocycles. The molecular formula is C12H11N5OS. The average Bonchev–Trinajstić information content (AvgIpc) is 2.98. The molecule has 0 aliphatic heterocycles. The second-order valence-corrected chi connectivity index (χ2v) is 4.95. The number of nitrogen functional groups attached to an aromatic ring is 1. The predicted molar refractivity (Wildman–Crippen MR) is 72.5 cm³/mol. The van der Waals surface area contributed by atoms with Crippen LogP contribution in [0.3, 0.4) is 0 Å². The summed E-state index contributed by atoms with van der Waals surface area (Å²) in [6.45, 7) is 3.76. The van der Waals surface area contributed by atoms with Crippen LogP contribution in [0.15, 0.2) is 22.2 Å². The van der Waals surface area contributed by atoms with Crippen LogP contribution in [0.25, 0.3) is 22.3 Å². The van der Waals surface area contributed by atoms with Gasteiger partial charge in [0.15, 0.2) is 0 Å². The lowest BCUT2D eigenvalue weighted by molar-refractivity contribution is 0.433. The van der Waals surface area contributed by atoms with Crippen molar-refractivity contribution in [1.82, 2.24) is 20.1 Å². The molecule has 2 N–H and O–H groups in total. The summed E-state index contributed by atoms with van der Waals surface area (Å²) in [7, 11) is 0. The van der Waals surface area contributed by atoms with Crippen molar-refractivity contribution in [3.8, 4) is 22.3 Å². The molecule has 3 heterocycles. The summed E-state index contributed by atoms with van der Waals surface area (Å²) in [4.78, 5) is 13.4. The maximum absolute atomic E-state index is 5.96. The van der Waals surface area contributed by atoms with E-state index in [0.717, 1.165) is 10.4 Å². The molecule has 0 fully saturated rings. The SMILES string of the molecule is Cc1nccc(-c2noc(-c3scc(C)c3N)n2)n1. The molecule has 0 saturated heterocycles. The zero-order valence-corrected chi connectivity index (χ0v) is 11.2. The van der Waals surface area contributed by atoms with Crippen molar-refractivity contribution in [2.45, 2.75) is 13.8 Å². The minimum absolute atomic E-state index is 0.418. The Kier molecular flexibility index (Phi) is 2.75. The summed E-state index contributed by atoms with van der Waals surface area (Å²) in [5, 5.41) is 5.89. The van der Waals surface area contributed by atoms with E-state index in [1.165, 1.54) is 11.3 Å². The molecular weight excluding hydrogens is 262 g/mol. The molecule has 0 radical (unpaired) electrons. The molecule has 0 aromatic carbocycles. The highest BCUT2D eigenvalue weighted by molar-refractivity contribution is 7.14. The molecule has 0 bridgehead atoms. The number of hydrogen-bond acceptors (Lipinski definition) is 7. The molecule has 6 nitrogen and oxygen atoms in total. The number of aryl methyl sites for hydroxylation is 2. The van der Waals surface area contributed by atoms with Crippen LogP contribution in [0.1, 0.15) is 11.4 Å². The highest BCUT2D eigenvalue weighted by Gasteiger charge is 2.16. The fourth-order valence-corrected chi connectivity index (χ4v) is 2.51. The van der Waals surface area contributed by atoms with Crippen LogP contribution < -0.4 is 5.73 Å². The van der Waals surface area contributed by atoms with E-state index in [1.54, 1.807) is 12.3 Å². The van der Waals surface area contributed by atoms with Crippen molar-refractivity contribution >= 4 is 17.0 Å². The predicted octanol–water partition coefficient (Wildman–Crippen LogP) is 2.45. The molecule has 96 valence electrons. The number of anilines is 1. The van der Waals surface area contributed by atoms with Gasteiger partial charge in [-0.15, -0.1) is 11.3 Å². The Hall–Kier alpha value is -2.28. The summed E-state index contributed by atoms with van der Waals surface area (Å²) in [6.07, 6.45) is 1.66. The lowest BCUT2D eigenvalue weighted by Crippen LogP contribution is -1.91. The van der Waals surface area contributed by atoms with E-state index >= 15 is 0 Å². The van der Waals surface area contributed by atoms with Gasteiger partial charge in [0.05, 0.1) is 5.69 Å². The second-order valence-electron chi connectivity index (χ2n) is 4.07. The van der Waals surface area contributed by atoms with Gasteiger partial charge in [-0.2, -0.15) is 4.98 Å². The zero-order valence-electron chi connectivity index (χ0n) is 10.4. The molecule has 0 amide bonds. The van der Waals surface area contributed by atoms with Gasteiger partial charge in [0.2, 0.25) is 5.82 Å². The lowest BCUT2D eigenvalue weighted by Gasteiger charge is -1.94. The molecule has 3 aromatic heterocycles. The highest BCUT2D eigenvalue weighted by atomic mass is 32.1. The monoisotopic (exact) mass is 273 g/mol. The summed E-state index contributed by atoms with van der Waals surface area (Å²) in [5.74, 6) is 1.52. The van der Waals surface area contributed by atoms with Gasteiger partial charge in [-0.25, -0.2) is 9.97 Å². The maximum Gasteiger partial charge on any atom is 0.270 e. The van der Waals surface area contributed by atoms with Crippen LogP contribution in [0.2, 0.25) is 0 Å². The van der Waals surface area contributed by atoms with Crippen LogP contribution in [-0.2, 0) is 0 Å². The van der Waals surface area contributed by atoms with E-state index in [1.807, 2.05) is 19.2 Å². The largest absolute Gasteiger partial charge is 0.397 e. The molecule has 0 spiro atoms. The highest BCUT2D eigenvalue weighted by Crippen LogP contribution is 2.34. The van der Waals surface area contributed by atoms with E-state index in [2.05, 4.69) is 20.1 Å². The Labute approximate surface area is 113 Å². The van der Waals surface area contributed by atoms with Crippen molar-refractivity contribution in [1.29, 1.82) is 0 Å². The smallest absolute Gasteiger partial charge is 0.270 e. The first-order valence-corrected chi connectivity index (χ1v) is 6.51. The first-order chi connectivity index (χ1) is 9.15. The van der Waals surface area contributed by atoms with Crippen LogP contribution in [0.5, 0.6) is 0 Å². The third kappa shape index (κ3) is 2.08. The van der Waals surface area contributed by atoms with E-state index in [9.17, 15) is 0 Å².